The van der Waals surface area contributed by atoms with E-state index in [9.17, 15) is 0 Å². The van der Waals surface area contributed by atoms with Gasteiger partial charge in [-0.05, 0) is 19.1 Å². The Bertz CT molecular complexity index is 362. The van der Waals surface area contributed by atoms with Gasteiger partial charge in [0.15, 0.2) is 0 Å². The second kappa shape index (κ2) is 5.61. The van der Waals surface area contributed by atoms with E-state index in [1.165, 1.54) is 5.69 Å². The summed E-state index contributed by atoms with van der Waals surface area (Å²) in [5, 5.41) is 0. The molecule has 2 rings (SSSR count). The van der Waals surface area contributed by atoms with Crippen molar-refractivity contribution in [2.75, 3.05) is 38.2 Å². The zero-order chi connectivity index (χ0) is 12.3. The number of rotatable bonds is 3. The Morgan fingerprint density at radius 2 is 1.82 bits per heavy atom. The average molecular weight is 255 g/mol. The number of benzene rings is 1. The smallest absolute Gasteiger partial charge is 0.142 e. The van der Waals surface area contributed by atoms with Gasteiger partial charge in [-0.2, -0.15) is 0 Å². The van der Waals surface area contributed by atoms with Crippen molar-refractivity contribution in [1.82, 2.24) is 4.90 Å². The quantitative estimate of drug-likeness (QED) is 0.609. The SMILES string of the molecule is COc1ccccc1N1CCN(C(C)Cl)CC1. The van der Waals surface area contributed by atoms with Crippen molar-refractivity contribution in [1.29, 1.82) is 0 Å². The van der Waals surface area contributed by atoms with Crippen LogP contribution in [0.3, 0.4) is 0 Å². The van der Waals surface area contributed by atoms with Crippen LogP contribution < -0.4 is 9.64 Å². The van der Waals surface area contributed by atoms with E-state index in [2.05, 4.69) is 21.9 Å². The lowest BCUT2D eigenvalue weighted by molar-refractivity contribution is 0.246. The summed E-state index contributed by atoms with van der Waals surface area (Å²) in [6, 6.07) is 8.17. The minimum atomic E-state index is 0.120. The Morgan fingerprint density at radius 1 is 1.18 bits per heavy atom. The van der Waals surface area contributed by atoms with Gasteiger partial charge in [-0.15, -0.1) is 11.6 Å². The molecule has 0 spiro atoms. The molecule has 1 aliphatic rings. The normalized spacial score (nSPS) is 19.1. The van der Waals surface area contributed by atoms with Gasteiger partial charge in [0.05, 0.1) is 18.3 Å². The Morgan fingerprint density at radius 3 is 2.41 bits per heavy atom. The highest BCUT2D eigenvalue weighted by molar-refractivity contribution is 6.20. The van der Waals surface area contributed by atoms with Crippen LogP contribution in [-0.4, -0.2) is 43.7 Å². The lowest BCUT2D eigenvalue weighted by Crippen LogP contribution is -2.48. The van der Waals surface area contributed by atoms with Crippen LogP contribution in [0.15, 0.2) is 24.3 Å². The van der Waals surface area contributed by atoms with Gasteiger partial charge in [0.25, 0.3) is 0 Å². The van der Waals surface area contributed by atoms with Crippen molar-refractivity contribution >= 4 is 17.3 Å². The van der Waals surface area contributed by atoms with Gasteiger partial charge >= 0.3 is 0 Å². The van der Waals surface area contributed by atoms with Gasteiger partial charge in [0, 0.05) is 26.2 Å². The molecular weight excluding hydrogens is 236 g/mol. The first-order valence-corrected chi connectivity index (χ1v) is 6.42. The highest BCUT2D eigenvalue weighted by Crippen LogP contribution is 2.28. The summed E-state index contributed by atoms with van der Waals surface area (Å²) in [7, 11) is 1.72. The van der Waals surface area contributed by atoms with Gasteiger partial charge in [-0.1, -0.05) is 12.1 Å². The van der Waals surface area contributed by atoms with Crippen molar-refractivity contribution in [2.24, 2.45) is 0 Å². The topological polar surface area (TPSA) is 15.7 Å². The Labute approximate surface area is 108 Å². The number of alkyl halides is 1. The first-order valence-electron chi connectivity index (χ1n) is 5.98. The number of anilines is 1. The summed E-state index contributed by atoms with van der Waals surface area (Å²) in [6.45, 7) is 6.03. The Hall–Kier alpha value is -0.930. The van der Waals surface area contributed by atoms with Gasteiger partial charge in [0.2, 0.25) is 0 Å². The first kappa shape index (κ1) is 12.5. The molecule has 0 saturated carbocycles. The summed E-state index contributed by atoms with van der Waals surface area (Å²) >= 11 is 6.09. The number of hydrogen-bond acceptors (Lipinski definition) is 3. The summed E-state index contributed by atoms with van der Waals surface area (Å²) in [5.74, 6) is 0.944. The molecule has 0 bridgehead atoms. The lowest BCUT2D eigenvalue weighted by atomic mass is 10.2. The van der Waals surface area contributed by atoms with E-state index < -0.39 is 0 Å². The van der Waals surface area contributed by atoms with Gasteiger partial charge in [-0.25, -0.2) is 0 Å². The maximum absolute atomic E-state index is 6.09. The van der Waals surface area contributed by atoms with Crippen molar-refractivity contribution in [3.05, 3.63) is 24.3 Å². The largest absolute Gasteiger partial charge is 0.495 e. The second-order valence-electron chi connectivity index (χ2n) is 4.27. The van der Waals surface area contributed by atoms with Crippen LogP contribution in [0, 0.1) is 0 Å². The molecule has 1 aliphatic heterocycles. The standard InChI is InChI=1S/C13H19ClN2O/c1-11(14)15-7-9-16(10-8-15)12-5-3-4-6-13(12)17-2/h3-6,11H,7-10H2,1-2H3. The third kappa shape index (κ3) is 2.85. The zero-order valence-corrected chi connectivity index (χ0v) is 11.2. The van der Waals surface area contributed by atoms with Gasteiger partial charge in [-0.3, -0.25) is 4.90 Å². The van der Waals surface area contributed by atoms with E-state index in [0.29, 0.717) is 0 Å². The van der Waals surface area contributed by atoms with Crippen LogP contribution in [0.4, 0.5) is 5.69 Å². The molecule has 4 heteroatoms. The predicted molar refractivity (Wildman–Crippen MR) is 72.1 cm³/mol. The molecule has 0 aliphatic carbocycles. The van der Waals surface area contributed by atoms with E-state index in [-0.39, 0.29) is 5.50 Å². The molecule has 0 aromatic heterocycles. The molecule has 94 valence electrons. The van der Waals surface area contributed by atoms with Gasteiger partial charge < -0.3 is 9.64 Å². The van der Waals surface area contributed by atoms with Crippen LogP contribution in [0.2, 0.25) is 0 Å². The zero-order valence-electron chi connectivity index (χ0n) is 10.4. The van der Waals surface area contributed by atoms with E-state index in [1.807, 2.05) is 19.1 Å². The van der Waals surface area contributed by atoms with Crippen LogP contribution >= 0.6 is 11.6 Å². The summed E-state index contributed by atoms with van der Waals surface area (Å²) in [5.41, 5.74) is 1.30. The molecule has 1 unspecified atom stereocenters. The molecule has 0 N–H and O–H groups in total. The third-order valence-electron chi connectivity index (χ3n) is 3.24. The number of hydrogen-bond donors (Lipinski definition) is 0. The lowest BCUT2D eigenvalue weighted by Gasteiger charge is -2.37. The summed E-state index contributed by atoms with van der Waals surface area (Å²) in [4.78, 5) is 4.64. The second-order valence-corrected chi connectivity index (χ2v) is 4.90. The van der Waals surface area contributed by atoms with E-state index in [1.54, 1.807) is 7.11 Å². The summed E-state index contributed by atoms with van der Waals surface area (Å²) < 4.78 is 5.39. The molecule has 3 nitrogen and oxygen atoms in total. The van der Waals surface area contributed by atoms with Crippen molar-refractivity contribution < 1.29 is 4.74 Å². The van der Waals surface area contributed by atoms with Crippen molar-refractivity contribution in [3.8, 4) is 5.75 Å². The van der Waals surface area contributed by atoms with Crippen LogP contribution in [0.1, 0.15) is 6.92 Å². The molecular formula is C13H19ClN2O. The molecule has 1 saturated heterocycles. The molecule has 1 aromatic rings. The monoisotopic (exact) mass is 254 g/mol. The van der Waals surface area contributed by atoms with Crippen LogP contribution in [0.5, 0.6) is 5.75 Å². The summed E-state index contributed by atoms with van der Waals surface area (Å²) in [6.07, 6.45) is 0. The molecule has 0 amide bonds. The van der Waals surface area contributed by atoms with Crippen molar-refractivity contribution in [3.63, 3.8) is 0 Å². The highest BCUT2D eigenvalue weighted by atomic mass is 35.5. The first-order chi connectivity index (χ1) is 8.22. The minimum Gasteiger partial charge on any atom is -0.495 e. The molecule has 0 radical (unpaired) electrons. The average Bonchev–Trinajstić information content (AvgIpc) is 2.39. The fraction of sp³-hybridized carbons (Fsp3) is 0.538. The third-order valence-corrected chi connectivity index (χ3v) is 3.52. The Kier molecular flexibility index (Phi) is 4.13. The predicted octanol–water partition coefficient (Wildman–Crippen LogP) is 2.40. The van der Waals surface area contributed by atoms with E-state index in [4.69, 9.17) is 16.3 Å². The highest BCUT2D eigenvalue weighted by Gasteiger charge is 2.21. The molecule has 17 heavy (non-hydrogen) atoms. The fourth-order valence-electron chi connectivity index (χ4n) is 2.21. The Balaban J connectivity index is 2.05. The maximum atomic E-state index is 6.09. The molecule has 1 atom stereocenters. The maximum Gasteiger partial charge on any atom is 0.142 e. The minimum absolute atomic E-state index is 0.120. The number of para-hydroxylation sites is 2. The molecule has 1 fully saturated rings. The number of halogens is 1. The van der Waals surface area contributed by atoms with E-state index >= 15 is 0 Å². The number of methoxy groups -OCH3 is 1. The number of ether oxygens (including phenoxy) is 1. The van der Waals surface area contributed by atoms with Gasteiger partial charge in [0.1, 0.15) is 5.75 Å². The van der Waals surface area contributed by atoms with Crippen molar-refractivity contribution in [2.45, 2.75) is 12.4 Å². The van der Waals surface area contributed by atoms with E-state index in [0.717, 1.165) is 31.9 Å². The number of nitrogens with zero attached hydrogens (tertiary/aromatic N) is 2. The molecule has 1 aromatic carbocycles. The van der Waals surface area contributed by atoms with Crippen LogP contribution in [-0.2, 0) is 0 Å². The van der Waals surface area contributed by atoms with Crippen LogP contribution in [0.25, 0.3) is 0 Å². The molecule has 1 heterocycles. The fourth-order valence-corrected chi connectivity index (χ4v) is 2.40. The number of piperazine rings is 1.